The molecule has 3 fully saturated rings. The summed E-state index contributed by atoms with van der Waals surface area (Å²) in [6.07, 6.45) is 4.95. The van der Waals surface area contributed by atoms with Crippen LogP contribution in [0.2, 0.25) is 0 Å². The Morgan fingerprint density at radius 2 is 1.67 bits per heavy atom. The van der Waals surface area contributed by atoms with Crippen molar-refractivity contribution in [1.29, 1.82) is 0 Å². The SMILES string of the molecule is CCC1/C=C(\C)CC(C)CC(OC)C2OC(O)(C(=O)C(=O)N3CCCCC3C(=O)OC(C(C)=CC3CCC(Oc4ccc5[nH]ccc5c4)C(O)C3)C(C)C(O)CC1=O)C(C)CC2OC. The number of benzene rings is 1. The maximum Gasteiger partial charge on any atom is 0.329 e. The second-order valence-electron chi connectivity index (χ2n) is 19.3. The summed E-state index contributed by atoms with van der Waals surface area (Å²) in [6, 6.07) is 6.57. The zero-order valence-electron chi connectivity index (χ0n) is 39.0. The van der Waals surface area contributed by atoms with Gasteiger partial charge in [0.15, 0.2) is 0 Å². The van der Waals surface area contributed by atoms with Gasteiger partial charge in [0.1, 0.15) is 35.9 Å². The molecule has 64 heavy (non-hydrogen) atoms. The Balaban J connectivity index is 1.29. The summed E-state index contributed by atoms with van der Waals surface area (Å²) in [5.74, 6) is -7.08. The number of nitrogens with one attached hydrogen (secondary N) is 1. The number of piperidine rings is 1. The Hall–Kier alpha value is -3.92. The lowest BCUT2D eigenvalue weighted by Gasteiger charge is -2.47. The summed E-state index contributed by atoms with van der Waals surface area (Å²) in [4.78, 5) is 61.4. The predicted octanol–water partition coefficient (Wildman–Crippen LogP) is 6.39. The maximum atomic E-state index is 14.5. The summed E-state index contributed by atoms with van der Waals surface area (Å²) in [5.41, 5.74) is 2.61. The third-order valence-corrected chi connectivity index (χ3v) is 14.4. The topological polar surface area (TPSA) is 194 Å². The van der Waals surface area contributed by atoms with Crippen LogP contribution in [0.3, 0.4) is 0 Å². The van der Waals surface area contributed by atoms with Crippen molar-refractivity contribution >= 4 is 34.3 Å². The number of fused-ring (bicyclic) bond motifs is 4. The summed E-state index contributed by atoms with van der Waals surface area (Å²) in [5, 5.41) is 36.2. The summed E-state index contributed by atoms with van der Waals surface area (Å²) >= 11 is 0. The molecule has 14 nitrogen and oxygen atoms in total. The minimum atomic E-state index is -2.52. The van der Waals surface area contributed by atoms with Crippen LogP contribution in [0.5, 0.6) is 5.75 Å². The van der Waals surface area contributed by atoms with Gasteiger partial charge in [-0.2, -0.15) is 0 Å². The van der Waals surface area contributed by atoms with Crippen LogP contribution in [0, 0.1) is 29.6 Å². The van der Waals surface area contributed by atoms with E-state index in [1.54, 1.807) is 13.8 Å². The molecule has 2 aromatic rings. The van der Waals surface area contributed by atoms with Crippen molar-refractivity contribution in [3.05, 3.63) is 53.8 Å². The Labute approximate surface area is 378 Å². The number of aromatic amines is 1. The van der Waals surface area contributed by atoms with E-state index in [4.69, 9.17) is 23.7 Å². The van der Waals surface area contributed by atoms with E-state index in [2.05, 4.69) is 11.9 Å². The van der Waals surface area contributed by atoms with E-state index in [9.17, 15) is 34.5 Å². The fourth-order valence-electron chi connectivity index (χ4n) is 10.6. The number of carbonyl (C=O) groups excluding carboxylic acids is 4. The van der Waals surface area contributed by atoms with Crippen molar-refractivity contribution in [3.63, 3.8) is 0 Å². The number of allylic oxidation sites excluding steroid dienone is 3. The van der Waals surface area contributed by atoms with Gasteiger partial charge in [0.2, 0.25) is 5.79 Å². The first-order valence-electron chi connectivity index (χ1n) is 23.5. The molecule has 2 bridgehead atoms. The monoisotopic (exact) mass is 893 g/mol. The quantitative estimate of drug-likeness (QED) is 0.136. The molecule has 1 aromatic carbocycles. The number of cyclic esters (lactones) is 1. The molecule has 2 saturated heterocycles. The van der Waals surface area contributed by atoms with Crippen molar-refractivity contribution in [2.45, 2.75) is 167 Å². The van der Waals surface area contributed by atoms with E-state index in [1.807, 2.05) is 63.4 Å². The number of hydrogen-bond acceptors (Lipinski definition) is 12. The molecule has 4 heterocycles. The van der Waals surface area contributed by atoms with Gasteiger partial charge in [-0.15, -0.1) is 0 Å². The molecule has 4 N–H and O–H groups in total. The molecule has 4 aliphatic rings. The third-order valence-electron chi connectivity index (χ3n) is 14.4. The van der Waals surface area contributed by atoms with E-state index < -0.39 is 90.0 Å². The first-order valence-corrected chi connectivity index (χ1v) is 23.5. The van der Waals surface area contributed by atoms with Crippen LogP contribution in [0.15, 0.2) is 53.8 Å². The number of methoxy groups -OCH3 is 2. The lowest BCUT2D eigenvalue weighted by molar-refractivity contribution is -0.302. The zero-order valence-corrected chi connectivity index (χ0v) is 39.0. The second-order valence-corrected chi connectivity index (χ2v) is 19.3. The number of aliphatic hydroxyl groups excluding tert-OH is 2. The lowest BCUT2D eigenvalue weighted by atomic mass is 9.81. The molecule has 14 atom stereocenters. The van der Waals surface area contributed by atoms with E-state index in [0.717, 1.165) is 16.5 Å². The van der Waals surface area contributed by atoms with E-state index in [1.165, 1.54) is 19.1 Å². The second kappa shape index (κ2) is 21.6. The number of ether oxygens (including phenoxy) is 5. The molecule has 14 heteroatoms. The molecule has 3 aliphatic heterocycles. The largest absolute Gasteiger partial charge is 0.488 e. The van der Waals surface area contributed by atoms with Crippen molar-refractivity contribution in [2.24, 2.45) is 29.6 Å². The molecule has 1 amide bonds. The highest BCUT2D eigenvalue weighted by molar-refractivity contribution is 6.39. The Bertz CT molecular complexity index is 2010. The fraction of sp³-hybridized carbons (Fsp3) is 0.680. The zero-order chi connectivity index (χ0) is 46.5. The van der Waals surface area contributed by atoms with Gasteiger partial charge in [0, 0.05) is 62.0 Å². The van der Waals surface area contributed by atoms with Crippen LogP contribution in [-0.4, -0.2) is 124 Å². The van der Waals surface area contributed by atoms with Crippen LogP contribution in [0.4, 0.5) is 0 Å². The highest BCUT2D eigenvalue weighted by Crippen LogP contribution is 2.39. The highest BCUT2D eigenvalue weighted by Gasteiger charge is 2.56. The minimum Gasteiger partial charge on any atom is -0.488 e. The van der Waals surface area contributed by atoms with Crippen LogP contribution >= 0.6 is 0 Å². The number of Topliss-reactive ketones (excluding diaryl/α,β-unsaturated/α-hetero) is 2. The van der Waals surface area contributed by atoms with Crippen LogP contribution in [-0.2, 0) is 38.1 Å². The smallest absolute Gasteiger partial charge is 0.329 e. The number of esters is 1. The maximum absolute atomic E-state index is 14.5. The Morgan fingerprint density at radius 3 is 2.38 bits per heavy atom. The van der Waals surface area contributed by atoms with Crippen molar-refractivity contribution in [2.75, 3.05) is 20.8 Å². The third kappa shape index (κ3) is 11.2. The molecule has 0 radical (unpaired) electrons. The lowest BCUT2D eigenvalue weighted by Crippen LogP contribution is -2.64. The molecular weight excluding hydrogens is 821 g/mol. The first kappa shape index (κ1) is 49.5. The van der Waals surface area contributed by atoms with Crippen molar-refractivity contribution in [3.8, 4) is 5.75 Å². The number of nitrogens with zero attached hydrogens (tertiary/aromatic N) is 1. The van der Waals surface area contributed by atoms with Gasteiger partial charge in [-0.3, -0.25) is 14.4 Å². The molecule has 0 spiro atoms. The molecule has 14 unspecified atom stereocenters. The summed E-state index contributed by atoms with van der Waals surface area (Å²) in [7, 11) is 3.06. The van der Waals surface area contributed by atoms with E-state index in [0.29, 0.717) is 62.7 Å². The summed E-state index contributed by atoms with van der Waals surface area (Å²) in [6.45, 7) is 11.2. The number of aliphatic hydroxyl groups is 3. The van der Waals surface area contributed by atoms with E-state index in [-0.39, 0.29) is 43.4 Å². The van der Waals surface area contributed by atoms with Gasteiger partial charge < -0.3 is 48.9 Å². The molecule has 6 rings (SSSR count). The average Bonchev–Trinajstić information content (AvgIpc) is 3.75. The van der Waals surface area contributed by atoms with Crippen LogP contribution in [0.1, 0.15) is 112 Å². The van der Waals surface area contributed by atoms with Gasteiger partial charge in [0.25, 0.3) is 11.7 Å². The number of aromatic nitrogens is 1. The average molecular weight is 893 g/mol. The highest BCUT2D eigenvalue weighted by atomic mass is 16.7. The Kier molecular flexibility index (Phi) is 16.7. The fourth-order valence-corrected chi connectivity index (χ4v) is 10.6. The van der Waals surface area contributed by atoms with E-state index >= 15 is 0 Å². The van der Waals surface area contributed by atoms with Gasteiger partial charge in [-0.25, -0.2) is 4.79 Å². The van der Waals surface area contributed by atoms with Crippen molar-refractivity contribution in [1.82, 2.24) is 9.88 Å². The number of amides is 1. The molecule has 354 valence electrons. The van der Waals surface area contributed by atoms with Crippen LogP contribution in [0.25, 0.3) is 10.9 Å². The summed E-state index contributed by atoms with van der Waals surface area (Å²) < 4.78 is 30.6. The minimum absolute atomic E-state index is 0.0238. The number of carbonyl (C=O) groups is 4. The van der Waals surface area contributed by atoms with Gasteiger partial charge in [-0.05, 0) is 120 Å². The normalized spacial score (nSPS) is 37.9. The predicted molar refractivity (Wildman–Crippen MR) is 240 cm³/mol. The number of ketones is 2. The molecular formula is C50H72N2O12. The Morgan fingerprint density at radius 1 is 0.938 bits per heavy atom. The molecule has 1 aromatic heterocycles. The van der Waals surface area contributed by atoms with Crippen LogP contribution < -0.4 is 4.74 Å². The first-order chi connectivity index (χ1) is 30.5. The standard InChI is InChI=1S/C50H72N2O12/c1-9-34-21-28(2)20-29(3)22-43(60-7)46-44(61-8)24-31(5)50(59,64-46)47(56)48(57)52-19-11-10-12-38(52)49(58)63-45(32(6)39(53)27-40(34)54)30(4)23-33-13-16-42(41(55)25-33)62-36-14-15-37-35(26-36)17-18-51-37/h14-15,17-18,21,23,26,29,31-34,38-39,41-46,51,53,55,59H,9-13,16,19-20,22,24-25,27H2,1-8H3/b28-21+,30-23?. The number of hydrogen-bond donors (Lipinski definition) is 4. The van der Waals surface area contributed by atoms with Gasteiger partial charge in [0.05, 0.1) is 24.4 Å². The molecule has 1 saturated carbocycles. The number of H-pyrrole nitrogens is 1. The number of rotatable bonds is 7. The molecule has 1 aliphatic carbocycles. The van der Waals surface area contributed by atoms with Gasteiger partial charge >= 0.3 is 5.97 Å². The van der Waals surface area contributed by atoms with Crippen molar-refractivity contribution < 1.29 is 58.2 Å². The van der Waals surface area contributed by atoms with Gasteiger partial charge in [-0.1, -0.05) is 45.4 Å².